The number of hydrogen-bond acceptors (Lipinski definition) is 9. The maximum atomic E-state index is 11.2. The molecule has 1 saturated heterocycles. The molecule has 0 aliphatic carbocycles. The molecule has 0 bridgehead atoms. The van der Waals surface area contributed by atoms with Crippen molar-refractivity contribution >= 4 is 43.5 Å². The van der Waals surface area contributed by atoms with Crippen molar-refractivity contribution < 1.29 is 23.4 Å². The summed E-state index contributed by atoms with van der Waals surface area (Å²) in [4.78, 5) is 4.22. The van der Waals surface area contributed by atoms with Gasteiger partial charge in [-0.3, -0.25) is 10.7 Å². The lowest BCUT2D eigenvalue weighted by Gasteiger charge is -2.44. The highest BCUT2D eigenvalue weighted by atomic mass is 79.9. The molecular weight excluding hydrogens is 446 g/mol. The van der Waals surface area contributed by atoms with Crippen LogP contribution in [0.3, 0.4) is 0 Å². The third-order valence-corrected chi connectivity index (χ3v) is 5.23. The van der Waals surface area contributed by atoms with Gasteiger partial charge < -0.3 is 10.4 Å². The monoisotopic (exact) mass is 461 g/mol. The summed E-state index contributed by atoms with van der Waals surface area (Å²) in [5, 5.41) is 34.8. The number of hydrogen-bond donors (Lipinski definition) is 5. The smallest absolute Gasteiger partial charge is 0.277 e. The Bertz CT molecular complexity index is 957. The second kappa shape index (κ2) is 7.49. The van der Waals surface area contributed by atoms with Gasteiger partial charge in [-0.1, -0.05) is 22.0 Å². The number of halogens is 1. The summed E-state index contributed by atoms with van der Waals surface area (Å²) in [6.45, 7) is -0.358. The fourth-order valence-electron chi connectivity index (χ4n) is 2.42. The molecule has 0 saturated carbocycles. The van der Waals surface area contributed by atoms with Crippen LogP contribution in [-0.4, -0.2) is 64.4 Å². The van der Waals surface area contributed by atoms with E-state index in [9.17, 15) is 18.7 Å². The van der Waals surface area contributed by atoms with Crippen molar-refractivity contribution in [1.82, 2.24) is 20.1 Å². The van der Waals surface area contributed by atoms with E-state index in [0.717, 1.165) is 8.78 Å². The lowest BCUT2D eigenvalue weighted by atomic mass is 9.97. The number of β-amino-alcohol motifs (C(OH)–C–C–N with tert-alkyl or cyclic N) is 1. The summed E-state index contributed by atoms with van der Waals surface area (Å²) in [5.74, 6) is 0.0661. The summed E-state index contributed by atoms with van der Waals surface area (Å²) in [7, 11) is -3.84. The highest BCUT2D eigenvalue weighted by Gasteiger charge is 2.46. The number of amidine groups is 1. The predicted octanol–water partition coefficient (Wildman–Crippen LogP) is -0.449. The Morgan fingerprint density at radius 3 is 2.81 bits per heavy atom. The Kier molecular flexibility index (Phi) is 5.45. The Morgan fingerprint density at radius 2 is 2.19 bits per heavy atom. The van der Waals surface area contributed by atoms with Crippen LogP contribution in [0.2, 0.25) is 0 Å². The molecule has 2 heterocycles. The van der Waals surface area contributed by atoms with E-state index in [1.165, 1.54) is 0 Å². The number of benzene rings is 1. The first kappa shape index (κ1) is 19.7. The van der Waals surface area contributed by atoms with E-state index in [2.05, 4.69) is 41.2 Å². The van der Waals surface area contributed by atoms with Crippen molar-refractivity contribution in [2.24, 2.45) is 10.1 Å². The Morgan fingerprint density at radius 1 is 1.44 bits per heavy atom. The van der Waals surface area contributed by atoms with Gasteiger partial charge in [0, 0.05) is 24.1 Å². The predicted molar refractivity (Wildman–Crippen MR) is 97.7 cm³/mol. The van der Waals surface area contributed by atoms with Crippen LogP contribution in [0.4, 0.5) is 11.5 Å². The molecule has 6 N–H and O–H groups in total. The molecule has 1 aromatic carbocycles. The van der Waals surface area contributed by atoms with Crippen LogP contribution in [0.1, 0.15) is 5.69 Å². The maximum absolute atomic E-state index is 11.2. The van der Waals surface area contributed by atoms with E-state index in [4.69, 9.17) is 5.14 Å². The molecule has 1 aliphatic heterocycles. The molecule has 14 heteroatoms. The number of aromatic nitrogens is 2. The number of aliphatic imine (C=N–C) groups is 1. The van der Waals surface area contributed by atoms with Gasteiger partial charge in [0.15, 0.2) is 11.5 Å². The molecule has 1 aromatic heterocycles. The molecule has 0 amide bonds. The van der Waals surface area contributed by atoms with Gasteiger partial charge in [0.05, 0.1) is 5.69 Å². The van der Waals surface area contributed by atoms with Gasteiger partial charge in [-0.05, 0) is 28.5 Å². The molecule has 0 unspecified atom stereocenters. The average Bonchev–Trinajstić information content (AvgIpc) is 3.03. The third kappa shape index (κ3) is 4.60. The molecule has 0 atom stereocenters. The maximum Gasteiger partial charge on any atom is 0.277 e. The molecule has 12 nitrogen and oxygen atoms in total. The zero-order valence-corrected chi connectivity index (χ0v) is 16.1. The highest BCUT2D eigenvalue weighted by Crippen LogP contribution is 2.24. The molecule has 0 spiro atoms. The number of anilines is 1. The number of aliphatic hydroxyl groups is 1. The average molecular weight is 462 g/mol. The first-order valence-corrected chi connectivity index (χ1v) is 9.81. The van der Waals surface area contributed by atoms with Crippen LogP contribution in [0.5, 0.6) is 0 Å². The fraction of sp³-hybridized carbons (Fsp3) is 0.308. The van der Waals surface area contributed by atoms with E-state index < -0.39 is 15.8 Å². The molecule has 1 fully saturated rings. The zero-order valence-electron chi connectivity index (χ0n) is 13.7. The van der Waals surface area contributed by atoms with Gasteiger partial charge in [-0.15, -0.1) is 0 Å². The summed E-state index contributed by atoms with van der Waals surface area (Å²) in [5.41, 5.74) is 1.21. The molecule has 146 valence electrons. The number of nitrogens with zero attached hydrogens (tertiary/aromatic N) is 4. The Labute approximate surface area is 162 Å². The summed E-state index contributed by atoms with van der Waals surface area (Å²) < 4.78 is 28.8. The van der Waals surface area contributed by atoms with Crippen molar-refractivity contribution in [3.05, 3.63) is 34.4 Å². The SMILES string of the molecule is NS(=O)(=O)N1CC(O)(CNc2nonc2C(=Nc2cccc(Br)c2)NO)C1. The molecule has 1 aliphatic rings. The van der Waals surface area contributed by atoms with Crippen LogP contribution in [0.15, 0.2) is 38.4 Å². The lowest BCUT2D eigenvalue weighted by molar-refractivity contribution is -0.0474. The first-order chi connectivity index (χ1) is 12.7. The van der Waals surface area contributed by atoms with Crippen molar-refractivity contribution in [1.29, 1.82) is 0 Å². The summed E-state index contributed by atoms with van der Waals surface area (Å²) in [6.07, 6.45) is 0. The van der Waals surface area contributed by atoms with Gasteiger partial charge in [0.25, 0.3) is 10.2 Å². The van der Waals surface area contributed by atoms with E-state index in [-0.39, 0.29) is 37.0 Å². The van der Waals surface area contributed by atoms with E-state index >= 15 is 0 Å². The van der Waals surface area contributed by atoms with Gasteiger partial charge in [-0.25, -0.2) is 14.8 Å². The van der Waals surface area contributed by atoms with Gasteiger partial charge in [0.1, 0.15) is 5.60 Å². The minimum Gasteiger partial charge on any atom is -0.385 e. The third-order valence-electron chi connectivity index (χ3n) is 3.75. The van der Waals surface area contributed by atoms with Crippen LogP contribution in [0, 0.1) is 0 Å². The van der Waals surface area contributed by atoms with E-state index in [0.29, 0.717) is 5.69 Å². The first-order valence-electron chi connectivity index (χ1n) is 7.52. The molecule has 27 heavy (non-hydrogen) atoms. The highest BCUT2D eigenvalue weighted by molar-refractivity contribution is 9.10. The van der Waals surface area contributed by atoms with Crippen LogP contribution < -0.4 is 15.9 Å². The lowest BCUT2D eigenvalue weighted by Crippen LogP contribution is -2.67. The van der Waals surface area contributed by atoms with Crippen molar-refractivity contribution in [2.75, 3.05) is 25.0 Å². The number of nitrogens with one attached hydrogen (secondary N) is 2. The van der Waals surface area contributed by atoms with Gasteiger partial charge in [0.2, 0.25) is 5.82 Å². The number of nitrogens with two attached hydrogens (primary N) is 1. The number of rotatable bonds is 6. The molecule has 3 rings (SSSR count). The summed E-state index contributed by atoms with van der Waals surface area (Å²) >= 11 is 3.32. The van der Waals surface area contributed by atoms with Crippen molar-refractivity contribution in [2.45, 2.75) is 5.60 Å². The normalized spacial score (nSPS) is 17.4. The second-order valence-corrected chi connectivity index (χ2v) is 8.37. The number of hydroxylamine groups is 1. The van der Waals surface area contributed by atoms with E-state index in [1.54, 1.807) is 18.2 Å². The van der Waals surface area contributed by atoms with Crippen molar-refractivity contribution in [3.8, 4) is 0 Å². The molecular formula is C13H16BrN7O5S. The topological polar surface area (TPSA) is 179 Å². The molecule has 2 aromatic rings. The fourth-order valence-corrected chi connectivity index (χ4v) is 3.64. The second-order valence-electron chi connectivity index (χ2n) is 5.90. The van der Waals surface area contributed by atoms with Crippen LogP contribution in [-0.2, 0) is 10.2 Å². The Balaban J connectivity index is 1.72. The largest absolute Gasteiger partial charge is 0.385 e. The van der Waals surface area contributed by atoms with Crippen LogP contribution in [0.25, 0.3) is 0 Å². The van der Waals surface area contributed by atoms with Gasteiger partial charge in [-0.2, -0.15) is 12.7 Å². The molecule has 0 radical (unpaired) electrons. The van der Waals surface area contributed by atoms with E-state index in [1.807, 2.05) is 11.5 Å². The minimum absolute atomic E-state index is 0.0383. The standard InChI is InChI=1S/C13H16BrN7O5S/c14-8-2-1-3-9(4-8)17-12(18-23)10-11(20-26-19-10)16-5-13(22)6-21(7-13)27(15,24)25/h1-4,22-23H,5-7H2,(H,16,20)(H,17,18)(H2,15,24,25). The van der Waals surface area contributed by atoms with Crippen molar-refractivity contribution in [3.63, 3.8) is 0 Å². The zero-order chi connectivity index (χ0) is 19.7. The van der Waals surface area contributed by atoms with Gasteiger partial charge >= 0.3 is 0 Å². The minimum atomic E-state index is -3.84. The summed E-state index contributed by atoms with van der Waals surface area (Å²) in [6, 6.07) is 7.01. The quantitative estimate of drug-likeness (QED) is 0.216. The Hall–Kier alpha value is -2.10. The van der Waals surface area contributed by atoms with Crippen LogP contribution >= 0.6 is 15.9 Å².